The van der Waals surface area contributed by atoms with Gasteiger partial charge in [0, 0.05) is 31.7 Å². The molecule has 0 radical (unpaired) electrons. The third-order valence-corrected chi connectivity index (χ3v) is 4.41. The smallest absolute Gasteiger partial charge is 0.318 e. The van der Waals surface area contributed by atoms with Crippen LogP contribution in [0, 0.1) is 6.92 Å². The second kappa shape index (κ2) is 8.00. The molecule has 25 heavy (non-hydrogen) atoms. The monoisotopic (exact) mass is 343 g/mol. The Kier molecular flexibility index (Phi) is 5.53. The van der Waals surface area contributed by atoms with Crippen LogP contribution in [0.3, 0.4) is 0 Å². The van der Waals surface area contributed by atoms with Gasteiger partial charge in [-0.05, 0) is 31.4 Å². The number of rotatable bonds is 5. The molecule has 1 aromatic heterocycles. The van der Waals surface area contributed by atoms with E-state index in [9.17, 15) is 4.79 Å². The summed E-state index contributed by atoms with van der Waals surface area (Å²) in [4.78, 5) is 18.7. The Balaban J connectivity index is 1.57. The lowest BCUT2D eigenvalue weighted by molar-refractivity contribution is 0.177. The van der Waals surface area contributed by atoms with Crippen LogP contribution in [0.5, 0.6) is 0 Å². The van der Waals surface area contributed by atoms with E-state index in [0.29, 0.717) is 24.7 Å². The van der Waals surface area contributed by atoms with Gasteiger partial charge >= 0.3 is 6.03 Å². The third-order valence-electron chi connectivity index (χ3n) is 4.41. The lowest BCUT2D eigenvalue weighted by Crippen LogP contribution is -2.49. The van der Waals surface area contributed by atoms with Gasteiger partial charge in [0.05, 0.1) is 6.04 Å². The Labute approximate surface area is 147 Å². The summed E-state index contributed by atoms with van der Waals surface area (Å²) in [5.74, 6) is 1.04. The molecule has 7 nitrogen and oxygen atoms in total. The molecule has 1 fully saturated rings. The highest BCUT2D eigenvalue weighted by Crippen LogP contribution is 2.18. The number of hydrogen-bond acceptors (Lipinski definition) is 5. The summed E-state index contributed by atoms with van der Waals surface area (Å²) in [5, 5.41) is 10.5. The van der Waals surface area contributed by atoms with Crippen molar-refractivity contribution >= 4 is 11.7 Å². The lowest BCUT2D eigenvalue weighted by Gasteiger charge is -2.34. The van der Waals surface area contributed by atoms with Crippen molar-refractivity contribution in [3.05, 3.63) is 42.0 Å². The molecule has 2 aromatic rings. The number of aromatic nitrogens is 2. The number of aryl methyl sites for hydroxylation is 1. The minimum atomic E-state index is -0.229. The quantitative estimate of drug-likeness (QED) is 0.871. The van der Waals surface area contributed by atoms with Gasteiger partial charge in [0.1, 0.15) is 0 Å². The molecule has 7 heteroatoms. The van der Waals surface area contributed by atoms with Crippen LogP contribution in [0.4, 0.5) is 10.5 Å². The number of nitrogens with one attached hydrogen (secondary N) is 2. The van der Waals surface area contributed by atoms with Crippen LogP contribution in [0.2, 0.25) is 0 Å². The van der Waals surface area contributed by atoms with Gasteiger partial charge in [-0.15, -0.1) is 0 Å². The Morgan fingerprint density at radius 2 is 2.20 bits per heavy atom. The summed E-state index contributed by atoms with van der Waals surface area (Å²) in [6.45, 7) is 5.19. The van der Waals surface area contributed by atoms with E-state index in [1.54, 1.807) is 6.92 Å². The maximum absolute atomic E-state index is 12.6. The number of hydrogen-bond donors (Lipinski definition) is 2. The molecule has 1 saturated heterocycles. The normalized spacial score (nSPS) is 18.6. The molecule has 0 spiro atoms. The molecule has 0 unspecified atom stereocenters. The van der Waals surface area contributed by atoms with Gasteiger partial charge in [-0.2, -0.15) is 4.98 Å². The summed E-state index contributed by atoms with van der Waals surface area (Å²) >= 11 is 0. The van der Waals surface area contributed by atoms with Crippen LogP contribution in [0.25, 0.3) is 0 Å². The van der Waals surface area contributed by atoms with Crippen molar-refractivity contribution in [2.45, 2.75) is 45.2 Å². The fourth-order valence-electron chi connectivity index (χ4n) is 3.10. The summed E-state index contributed by atoms with van der Waals surface area (Å²) in [7, 11) is 0. The number of amides is 2. The number of urea groups is 1. The van der Waals surface area contributed by atoms with Crippen molar-refractivity contribution in [2.24, 2.45) is 0 Å². The van der Waals surface area contributed by atoms with Gasteiger partial charge in [0.15, 0.2) is 5.82 Å². The van der Waals surface area contributed by atoms with E-state index < -0.39 is 0 Å². The highest BCUT2D eigenvalue weighted by Gasteiger charge is 2.26. The van der Waals surface area contributed by atoms with Crippen molar-refractivity contribution < 1.29 is 9.32 Å². The van der Waals surface area contributed by atoms with Crippen molar-refractivity contribution in [2.75, 3.05) is 18.4 Å². The molecule has 0 saturated carbocycles. The van der Waals surface area contributed by atoms with Crippen molar-refractivity contribution in [3.63, 3.8) is 0 Å². The lowest BCUT2D eigenvalue weighted by atomic mass is 10.1. The number of carbonyl (C=O) groups excluding carboxylic acids is 1. The predicted molar refractivity (Wildman–Crippen MR) is 95.3 cm³/mol. The molecule has 1 aromatic carbocycles. The van der Waals surface area contributed by atoms with E-state index in [-0.39, 0.29) is 18.1 Å². The van der Waals surface area contributed by atoms with Crippen molar-refractivity contribution in [3.8, 4) is 0 Å². The number of piperidine rings is 1. The zero-order chi connectivity index (χ0) is 17.6. The minimum Gasteiger partial charge on any atom is -0.381 e. The van der Waals surface area contributed by atoms with E-state index in [4.69, 9.17) is 4.52 Å². The minimum absolute atomic E-state index is 0.0751. The predicted octanol–water partition coefficient (Wildman–Crippen LogP) is 3.12. The molecule has 1 aliphatic rings. The van der Waals surface area contributed by atoms with Crippen molar-refractivity contribution in [1.29, 1.82) is 0 Å². The average molecular weight is 343 g/mol. The molecule has 2 heterocycles. The van der Waals surface area contributed by atoms with Gasteiger partial charge in [-0.25, -0.2) is 4.79 Å². The molecule has 0 aliphatic carbocycles. The Morgan fingerprint density at radius 1 is 1.40 bits per heavy atom. The number of likely N-dealkylation sites (tertiary alicyclic amines) is 1. The Bertz CT molecular complexity index is 688. The van der Waals surface area contributed by atoms with Gasteiger partial charge in [-0.1, -0.05) is 30.3 Å². The molecule has 3 rings (SSSR count). The summed E-state index contributed by atoms with van der Waals surface area (Å²) in [5.41, 5.74) is 1.09. The molecule has 1 aliphatic heterocycles. The standard InChI is InChI=1S/C18H25N5O2/c1-3-16(17-19-13(2)25-22-17)21-18(24)23-11-7-10-15(12-23)20-14-8-5-4-6-9-14/h4-6,8-9,15-16,20H,3,7,10-12H2,1-2H3,(H,21,24)/t15-,16-/m1/s1. The van der Waals surface area contributed by atoms with Crippen LogP contribution in [-0.4, -0.2) is 40.2 Å². The highest BCUT2D eigenvalue weighted by atomic mass is 16.5. The van der Waals surface area contributed by atoms with Crippen LogP contribution in [0.1, 0.15) is 43.9 Å². The van der Waals surface area contributed by atoms with Gasteiger partial charge < -0.3 is 20.1 Å². The van der Waals surface area contributed by atoms with Crippen molar-refractivity contribution in [1.82, 2.24) is 20.4 Å². The first-order chi connectivity index (χ1) is 12.2. The van der Waals surface area contributed by atoms with Gasteiger partial charge in [0.25, 0.3) is 0 Å². The van der Waals surface area contributed by atoms with Crippen LogP contribution >= 0.6 is 0 Å². The fourth-order valence-corrected chi connectivity index (χ4v) is 3.10. The van der Waals surface area contributed by atoms with E-state index >= 15 is 0 Å². The maximum atomic E-state index is 12.6. The molecular formula is C18H25N5O2. The third kappa shape index (κ3) is 4.49. The number of carbonyl (C=O) groups is 1. The van der Waals surface area contributed by atoms with E-state index in [2.05, 4.69) is 20.8 Å². The summed E-state index contributed by atoms with van der Waals surface area (Å²) in [6, 6.07) is 10.1. The Hall–Kier alpha value is -2.57. The zero-order valence-electron chi connectivity index (χ0n) is 14.7. The molecule has 2 N–H and O–H groups in total. The van der Waals surface area contributed by atoms with E-state index in [1.807, 2.05) is 42.2 Å². The first-order valence-corrected chi connectivity index (χ1v) is 8.83. The average Bonchev–Trinajstić information content (AvgIpc) is 3.07. The summed E-state index contributed by atoms with van der Waals surface area (Å²) < 4.78 is 5.02. The van der Waals surface area contributed by atoms with Crippen LogP contribution < -0.4 is 10.6 Å². The largest absolute Gasteiger partial charge is 0.381 e. The number of para-hydroxylation sites is 1. The zero-order valence-corrected chi connectivity index (χ0v) is 14.7. The molecular weight excluding hydrogens is 318 g/mol. The van der Waals surface area contributed by atoms with Crippen LogP contribution in [0.15, 0.2) is 34.9 Å². The fraction of sp³-hybridized carbons (Fsp3) is 0.500. The number of anilines is 1. The second-order valence-corrected chi connectivity index (χ2v) is 6.38. The Morgan fingerprint density at radius 3 is 2.88 bits per heavy atom. The van der Waals surface area contributed by atoms with E-state index in [0.717, 1.165) is 25.1 Å². The van der Waals surface area contributed by atoms with Crippen LogP contribution in [-0.2, 0) is 0 Å². The van der Waals surface area contributed by atoms with Gasteiger partial charge in [-0.3, -0.25) is 0 Å². The number of nitrogens with zero attached hydrogens (tertiary/aromatic N) is 3. The maximum Gasteiger partial charge on any atom is 0.318 e. The van der Waals surface area contributed by atoms with Gasteiger partial charge in [0.2, 0.25) is 5.89 Å². The first-order valence-electron chi connectivity index (χ1n) is 8.83. The highest BCUT2D eigenvalue weighted by molar-refractivity contribution is 5.74. The summed E-state index contributed by atoms with van der Waals surface area (Å²) in [6.07, 6.45) is 2.75. The molecule has 134 valence electrons. The molecule has 2 atom stereocenters. The number of benzene rings is 1. The molecule has 2 amide bonds. The molecule has 0 bridgehead atoms. The topological polar surface area (TPSA) is 83.3 Å². The SMILES string of the molecule is CC[C@@H](NC(=O)N1CCC[C@@H](Nc2ccccc2)C1)c1noc(C)n1. The first kappa shape index (κ1) is 17.3. The van der Waals surface area contributed by atoms with E-state index in [1.165, 1.54) is 0 Å². The second-order valence-electron chi connectivity index (χ2n) is 6.38.